The summed E-state index contributed by atoms with van der Waals surface area (Å²) in [5.41, 5.74) is 1.88. The van der Waals surface area contributed by atoms with Crippen molar-refractivity contribution in [2.75, 3.05) is 18.4 Å². The third-order valence-electron chi connectivity index (χ3n) is 5.06. The van der Waals surface area contributed by atoms with E-state index in [4.69, 9.17) is 11.6 Å². The van der Waals surface area contributed by atoms with E-state index in [1.807, 2.05) is 47.4 Å². The van der Waals surface area contributed by atoms with E-state index >= 15 is 0 Å². The van der Waals surface area contributed by atoms with Crippen molar-refractivity contribution >= 4 is 39.9 Å². The zero-order valence-electron chi connectivity index (χ0n) is 15.5. The van der Waals surface area contributed by atoms with Crippen molar-refractivity contribution in [3.05, 3.63) is 76.8 Å². The van der Waals surface area contributed by atoms with Crippen molar-refractivity contribution in [1.29, 1.82) is 0 Å². The van der Waals surface area contributed by atoms with Crippen molar-refractivity contribution in [1.82, 2.24) is 4.90 Å². The first-order valence-electron chi connectivity index (χ1n) is 9.46. The number of likely N-dealkylation sites (tertiary alicyclic amines) is 1. The zero-order valence-corrected chi connectivity index (χ0v) is 16.2. The van der Waals surface area contributed by atoms with Gasteiger partial charge in [0, 0.05) is 18.1 Å². The summed E-state index contributed by atoms with van der Waals surface area (Å²) in [5, 5.41) is 5.62. The summed E-state index contributed by atoms with van der Waals surface area (Å²) < 4.78 is 0. The van der Waals surface area contributed by atoms with E-state index in [9.17, 15) is 9.59 Å². The molecule has 4 nitrogen and oxygen atoms in total. The van der Waals surface area contributed by atoms with Crippen LogP contribution in [0, 0.1) is 0 Å². The fraction of sp³-hybridized carbons (Fsp3) is 0.217. The lowest BCUT2D eigenvalue weighted by Crippen LogP contribution is -2.29. The predicted octanol–water partition coefficient (Wildman–Crippen LogP) is 4.91. The predicted molar refractivity (Wildman–Crippen MR) is 113 cm³/mol. The Morgan fingerprint density at radius 1 is 0.929 bits per heavy atom. The number of rotatable bonds is 4. The van der Waals surface area contributed by atoms with Gasteiger partial charge in [0.1, 0.15) is 0 Å². The standard InChI is InChI=1S/C23H21ClN2O2/c24-19-9-10-21(20(15-19)23(28)26-11-3-4-12-26)25-22(27)14-16-7-8-17-5-1-2-6-18(17)13-16/h1-2,5-10,13,15H,3-4,11-12,14H2,(H,25,27). The van der Waals surface area contributed by atoms with Crippen molar-refractivity contribution in [2.45, 2.75) is 19.3 Å². The molecule has 0 spiro atoms. The summed E-state index contributed by atoms with van der Waals surface area (Å²) in [7, 11) is 0. The average molecular weight is 393 g/mol. The van der Waals surface area contributed by atoms with Gasteiger partial charge in [-0.3, -0.25) is 9.59 Å². The lowest BCUT2D eigenvalue weighted by atomic mass is 10.0. The fourth-order valence-corrected chi connectivity index (χ4v) is 3.79. The van der Waals surface area contributed by atoms with Crippen molar-refractivity contribution in [2.24, 2.45) is 0 Å². The molecular weight excluding hydrogens is 372 g/mol. The summed E-state index contributed by atoms with van der Waals surface area (Å²) in [6, 6.07) is 19.1. The fourth-order valence-electron chi connectivity index (χ4n) is 3.62. The third-order valence-corrected chi connectivity index (χ3v) is 5.29. The smallest absolute Gasteiger partial charge is 0.256 e. The van der Waals surface area contributed by atoms with Gasteiger partial charge in [0.25, 0.3) is 5.91 Å². The molecule has 3 aromatic rings. The van der Waals surface area contributed by atoms with Crippen LogP contribution in [0.4, 0.5) is 5.69 Å². The van der Waals surface area contributed by atoms with E-state index in [0.717, 1.165) is 42.3 Å². The van der Waals surface area contributed by atoms with E-state index in [1.54, 1.807) is 18.2 Å². The highest BCUT2D eigenvalue weighted by molar-refractivity contribution is 6.31. The van der Waals surface area contributed by atoms with Gasteiger partial charge in [-0.05, 0) is 47.4 Å². The largest absolute Gasteiger partial charge is 0.339 e. The maximum Gasteiger partial charge on any atom is 0.256 e. The van der Waals surface area contributed by atoms with Gasteiger partial charge >= 0.3 is 0 Å². The molecule has 0 saturated carbocycles. The van der Waals surface area contributed by atoms with E-state index < -0.39 is 0 Å². The number of anilines is 1. The number of amides is 2. The van der Waals surface area contributed by atoms with Crippen LogP contribution in [0.1, 0.15) is 28.8 Å². The summed E-state index contributed by atoms with van der Waals surface area (Å²) in [5.74, 6) is -0.242. The molecule has 5 heteroatoms. The maximum absolute atomic E-state index is 12.8. The van der Waals surface area contributed by atoms with Gasteiger partial charge in [-0.15, -0.1) is 0 Å². The van der Waals surface area contributed by atoms with Crippen molar-refractivity contribution in [3.63, 3.8) is 0 Å². The first kappa shape index (κ1) is 18.5. The number of carbonyl (C=O) groups is 2. The molecule has 0 aromatic heterocycles. The molecule has 1 aliphatic heterocycles. The molecule has 0 unspecified atom stereocenters. The van der Waals surface area contributed by atoms with E-state index in [2.05, 4.69) is 5.32 Å². The van der Waals surface area contributed by atoms with Gasteiger partial charge in [-0.2, -0.15) is 0 Å². The normalized spacial score (nSPS) is 13.7. The van der Waals surface area contributed by atoms with Crippen LogP contribution in [0.3, 0.4) is 0 Å². The number of nitrogens with one attached hydrogen (secondary N) is 1. The van der Waals surface area contributed by atoms with Gasteiger partial charge in [0.2, 0.25) is 5.91 Å². The van der Waals surface area contributed by atoms with Gasteiger partial charge in [-0.25, -0.2) is 0 Å². The molecule has 1 saturated heterocycles. The number of fused-ring (bicyclic) bond motifs is 1. The lowest BCUT2D eigenvalue weighted by Gasteiger charge is -2.18. The van der Waals surface area contributed by atoms with Crippen molar-refractivity contribution < 1.29 is 9.59 Å². The highest BCUT2D eigenvalue weighted by atomic mass is 35.5. The monoisotopic (exact) mass is 392 g/mol. The molecule has 1 fully saturated rings. The number of halogens is 1. The Balaban J connectivity index is 1.52. The van der Waals surface area contributed by atoms with Crippen LogP contribution in [0.5, 0.6) is 0 Å². The van der Waals surface area contributed by atoms with Crippen LogP contribution in [-0.4, -0.2) is 29.8 Å². The van der Waals surface area contributed by atoms with Crippen LogP contribution >= 0.6 is 11.6 Å². The molecule has 2 amide bonds. The molecule has 1 heterocycles. The minimum atomic E-state index is -0.159. The van der Waals surface area contributed by atoms with Crippen LogP contribution in [0.25, 0.3) is 10.8 Å². The van der Waals surface area contributed by atoms with E-state index in [1.165, 1.54) is 0 Å². The number of carbonyl (C=O) groups excluding carboxylic acids is 2. The van der Waals surface area contributed by atoms with Gasteiger partial charge in [0.15, 0.2) is 0 Å². The zero-order chi connectivity index (χ0) is 19.5. The molecule has 28 heavy (non-hydrogen) atoms. The number of benzene rings is 3. The minimum absolute atomic E-state index is 0.0824. The third kappa shape index (κ3) is 4.02. The molecule has 0 atom stereocenters. The molecular formula is C23H21ClN2O2. The Hall–Kier alpha value is -2.85. The van der Waals surface area contributed by atoms with Crippen LogP contribution in [0.2, 0.25) is 5.02 Å². The molecule has 4 rings (SSSR count). The maximum atomic E-state index is 12.8. The van der Waals surface area contributed by atoms with Crippen molar-refractivity contribution in [3.8, 4) is 0 Å². The van der Waals surface area contributed by atoms with Gasteiger partial charge < -0.3 is 10.2 Å². The Morgan fingerprint density at radius 3 is 2.46 bits per heavy atom. The summed E-state index contributed by atoms with van der Waals surface area (Å²) in [4.78, 5) is 27.3. The number of hydrogen-bond donors (Lipinski definition) is 1. The minimum Gasteiger partial charge on any atom is -0.339 e. The molecule has 0 aliphatic carbocycles. The highest BCUT2D eigenvalue weighted by Crippen LogP contribution is 2.24. The molecule has 3 aromatic carbocycles. The topological polar surface area (TPSA) is 49.4 Å². The Bertz CT molecular complexity index is 1040. The summed E-state index contributed by atoms with van der Waals surface area (Å²) >= 11 is 6.11. The quantitative estimate of drug-likeness (QED) is 0.685. The molecule has 1 aliphatic rings. The summed E-state index contributed by atoms with van der Waals surface area (Å²) in [6.07, 6.45) is 2.26. The Morgan fingerprint density at radius 2 is 1.68 bits per heavy atom. The highest BCUT2D eigenvalue weighted by Gasteiger charge is 2.23. The van der Waals surface area contributed by atoms with E-state index in [0.29, 0.717) is 16.3 Å². The first-order chi connectivity index (χ1) is 13.6. The molecule has 142 valence electrons. The average Bonchev–Trinajstić information content (AvgIpc) is 3.23. The van der Waals surface area contributed by atoms with Crippen LogP contribution in [-0.2, 0) is 11.2 Å². The SMILES string of the molecule is O=C(Cc1ccc2ccccc2c1)Nc1ccc(Cl)cc1C(=O)N1CCCC1. The number of nitrogens with zero attached hydrogens (tertiary/aromatic N) is 1. The van der Waals surface area contributed by atoms with Gasteiger partial charge in [-0.1, -0.05) is 54.1 Å². The van der Waals surface area contributed by atoms with Gasteiger partial charge in [0.05, 0.1) is 17.7 Å². The van der Waals surface area contributed by atoms with Crippen LogP contribution < -0.4 is 5.32 Å². The molecule has 0 bridgehead atoms. The molecule has 1 N–H and O–H groups in total. The summed E-state index contributed by atoms with van der Waals surface area (Å²) in [6.45, 7) is 1.49. The van der Waals surface area contributed by atoms with Crippen LogP contribution in [0.15, 0.2) is 60.7 Å². The second-order valence-electron chi connectivity index (χ2n) is 7.10. The Kier molecular flexibility index (Phi) is 5.31. The second kappa shape index (κ2) is 8.03. The lowest BCUT2D eigenvalue weighted by molar-refractivity contribution is -0.115. The van der Waals surface area contributed by atoms with E-state index in [-0.39, 0.29) is 18.2 Å². The number of hydrogen-bond acceptors (Lipinski definition) is 2. The Labute approximate surface area is 169 Å². The second-order valence-corrected chi connectivity index (χ2v) is 7.53. The first-order valence-corrected chi connectivity index (χ1v) is 9.84. The molecule has 0 radical (unpaired) electrons.